The van der Waals surface area contributed by atoms with Crippen LogP contribution >= 0.6 is 34.8 Å². The number of nitrogens with zero attached hydrogens (tertiary/aromatic N) is 1. The third-order valence-corrected chi connectivity index (χ3v) is 5.77. The Morgan fingerprint density at radius 2 is 1.63 bits per heavy atom. The lowest BCUT2D eigenvalue weighted by molar-refractivity contribution is -0.318. The van der Waals surface area contributed by atoms with Crippen molar-refractivity contribution in [2.24, 2.45) is 10.9 Å². The minimum absolute atomic E-state index is 0.126. The fourth-order valence-electron chi connectivity index (χ4n) is 3.32. The fourth-order valence-corrected chi connectivity index (χ4v) is 3.91. The molecule has 0 aliphatic carbocycles. The molecule has 0 saturated carbocycles. The van der Waals surface area contributed by atoms with Crippen molar-refractivity contribution in [3.63, 3.8) is 0 Å². The minimum atomic E-state index is -5.01. The number of benzene rings is 2. The van der Waals surface area contributed by atoms with E-state index in [4.69, 9.17) is 34.8 Å². The summed E-state index contributed by atoms with van der Waals surface area (Å²) in [5, 5.41) is 11.3. The highest BCUT2D eigenvalue weighted by Crippen LogP contribution is 2.55. The predicted octanol–water partition coefficient (Wildman–Crippen LogP) is 4.64. The van der Waals surface area contributed by atoms with Crippen molar-refractivity contribution < 1.29 is 23.1 Å². The average molecular weight is 436 g/mol. The number of hydrogen-bond donors (Lipinski definition) is 0. The van der Waals surface area contributed by atoms with Crippen LogP contribution < -0.4 is 5.11 Å². The molecule has 1 heterocycles. The Kier molecular flexibility index (Phi) is 5.18. The van der Waals surface area contributed by atoms with Gasteiger partial charge in [-0.15, -0.1) is 0 Å². The van der Waals surface area contributed by atoms with Crippen LogP contribution in [0.4, 0.5) is 13.2 Å². The van der Waals surface area contributed by atoms with E-state index < -0.39 is 35.1 Å². The van der Waals surface area contributed by atoms with E-state index in [1.54, 1.807) is 18.2 Å². The van der Waals surface area contributed by atoms with Gasteiger partial charge >= 0.3 is 6.18 Å². The van der Waals surface area contributed by atoms with Gasteiger partial charge in [-0.1, -0.05) is 65.1 Å². The molecule has 3 atom stereocenters. The van der Waals surface area contributed by atoms with E-state index in [1.165, 1.54) is 12.1 Å². The van der Waals surface area contributed by atoms with Crippen LogP contribution in [0.5, 0.6) is 0 Å². The van der Waals surface area contributed by atoms with Crippen molar-refractivity contribution in [3.05, 3.63) is 68.7 Å². The first-order chi connectivity index (χ1) is 12.6. The number of carbonyl (C=O) groups is 1. The van der Waals surface area contributed by atoms with Gasteiger partial charge in [0.1, 0.15) is 5.41 Å². The fraction of sp³-hybridized carbons (Fsp3) is 0.222. The van der Waals surface area contributed by atoms with Crippen LogP contribution in [0, 0.1) is 5.92 Å². The number of rotatable bonds is 3. The van der Waals surface area contributed by atoms with Gasteiger partial charge in [0.2, 0.25) is 0 Å². The van der Waals surface area contributed by atoms with Crippen LogP contribution in [-0.2, 0) is 10.2 Å². The third kappa shape index (κ3) is 3.20. The van der Waals surface area contributed by atoms with Gasteiger partial charge in [0.25, 0.3) is 0 Å². The number of carbonyl (C=O) groups excluding carboxylic acids is 1. The molecule has 142 valence electrons. The van der Waals surface area contributed by atoms with E-state index in [1.807, 2.05) is 0 Å². The van der Waals surface area contributed by atoms with Crippen molar-refractivity contribution in [1.29, 1.82) is 0 Å². The molecule has 1 aliphatic heterocycles. The Morgan fingerprint density at radius 3 is 2.11 bits per heavy atom. The summed E-state index contributed by atoms with van der Waals surface area (Å²) in [4.78, 5) is 15.8. The van der Waals surface area contributed by atoms with Crippen molar-refractivity contribution in [2.75, 3.05) is 0 Å². The lowest BCUT2D eigenvalue weighted by Gasteiger charge is -2.38. The molecular formula is C18H10Cl3F3NO2-. The zero-order valence-corrected chi connectivity index (χ0v) is 15.6. The largest absolute Gasteiger partial charge is 0.550 e. The van der Waals surface area contributed by atoms with Gasteiger partial charge in [0, 0.05) is 18.1 Å². The standard InChI is InChI=1S/C18H11Cl3F3NO2/c19-11-6-10(7-12(20)14(11)21)17(18(22,23)24)8-25-15(13(17)16(26)27)9-4-2-1-3-5-9/h1-8,13,15H,(H,26,27)/p-1. The molecule has 0 saturated heterocycles. The second-order valence-corrected chi connectivity index (χ2v) is 7.24. The van der Waals surface area contributed by atoms with Crippen LogP contribution in [0.3, 0.4) is 0 Å². The molecule has 3 unspecified atom stereocenters. The Balaban J connectivity index is 2.26. The second kappa shape index (κ2) is 7.00. The lowest BCUT2D eigenvalue weighted by atomic mass is 9.68. The minimum Gasteiger partial charge on any atom is -0.550 e. The molecule has 3 rings (SSSR count). The molecule has 0 spiro atoms. The van der Waals surface area contributed by atoms with E-state index in [9.17, 15) is 23.1 Å². The predicted molar refractivity (Wildman–Crippen MR) is 95.4 cm³/mol. The van der Waals surface area contributed by atoms with Crippen molar-refractivity contribution in [3.8, 4) is 0 Å². The smallest absolute Gasteiger partial charge is 0.404 e. The maximum absolute atomic E-state index is 14.3. The molecule has 2 aromatic carbocycles. The maximum Gasteiger partial charge on any atom is 0.404 e. The number of carboxylic acids is 1. The second-order valence-electron chi connectivity index (χ2n) is 6.05. The molecule has 0 bridgehead atoms. The Labute approximate surface area is 167 Å². The van der Waals surface area contributed by atoms with Crippen LogP contribution in [0.1, 0.15) is 17.2 Å². The van der Waals surface area contributed by atoms with E-state index in [2.05, 4.69) is 4.99 Å². The number of aliphatic imine (C=N–C) groups is 1. The van der Waals surface area contributed by atoms with Gasteiger partial charge in [-0.05, 0) is 23.3 Å². The van der Waals surface area contributed by atoms with Gasteiger partial charge in [-0.25, -0.2) is 0 Å². The lowest BCUT2D eigenvalue weighted by Crippen LogP contribution is -2.54. The molecule has 0 fully saturated rings. The number of alkyl halides is 3. The van der Waals surface area contributed by atoms with Gasteiger partial charge in [0.15, 0.2) is 0 Å². The first kappa shape index (κ1) is 20.0. The number of carboxylic acid groups (broad SMARTS) is 1. The molecule has 27 heavy (non-hydrogen) atoms. The summed E-state index contributed by atoms with van der Waals surface area (Å²) in [6.07, 6.45) is -4.41. The zero-order valence-electron chi connectivity index (χ0n) is 13.3. The maximum atomic E-state index is 14.3. The Morgan fingerprint density at radius 1 is 1.07 bits per heavy atom. The highest BCUT2D eigenvalue weighted by atomic mass is 35.5. The Bertz CT molecular complexity index is 895. The first-order valence-electron chi connectivity index (χ1n) is 7.61. The summed E-state index contributed by atoms with van der Waals surface area (Å²) in [5.41, 5.74) is -3.12. The molecule has 1 aliphatic rings. The highest BCUT2D eigenvalue weighted by molar-refractivity contribution is 6.48. The monoisotopic (exact) mass is 434 g/mol. The van der Waals surface area contributed by atoms with Gasteiger partial charge in [-0.2, -0.15) is 13.2 Å². The molecule has 0 amide bonds. The molecule has 0 radical (unpaired) electrons. The molecule has 3 nitrogen and oxygen atoms in total. The number of hydrogen-bond acceptors (Lipinski definition) is 3. The van der Waals surface area contributed by atoms with Crippen molar-refractivity contribution in [1.82, 2.24) is 0 Å². The SMILES string of the molecule is O=C([O-])C1C(c2ccccc2)N=CC1(c1cc(Cl)c(Cl)c(Cl)c1)C(F)(F)F. The quantitative estimate of drug-likeness (QED) is 0.660. The summed E-state index contributed by atoms with van der Waals surface area (Å²) < 4.78 is 42.8. The van der Waals surface area contributed by atoms with E-state index in [-0.39, 0.29) is 15.1 Å². The number of halogens is 6. The molecule has 0 N–H and O–H groups in total. The van der Waals surface area contributed by atoms with Gasteiger partial charge in [0.05, 0.1) is 21.1 Å². The van der Waals surface area contributed by atoms with E-state index in [0.717, 1.165) is 12.1 Å². The molecule has 0 aromatic heterocycles. The summed E-state index contributed by atoms with van der Waals surface area (Å²) in [6, 6.07) is 8.47. The summed E-state index contributed by atoms with van der Waals surface area (Å²) in [5.74, 6) is -3.94. The van der Waals surface area contributed by atoms with Crippen LogP contribution in [0.2, 0.25) is 15.1 Å². The van der Waals surface area contributed by atoms with Gasteiger partial charge in [-0.3, -0.25) is 4.99 Å². The Hall–Kier alpha value is -1.76. The van der Waals surface area contributed by atoms with Crippen molar-refractivity contribution in [2.45, 2.75) is 17.6 Å². The van der Waals surface area contributed by atoms with Crippen LogP contribution in [0.15, 0.2) is 47.5 Å². The highest BCUT2D eigenvalue weighted by Gasteiger charge is 2.64. The summed E-state index contributed by atoms with van der Waals surface area (Å²) in [6.45, 7) is 0. The summed E-state index contributed by atoms with van der Waals surface area (Å²) in [7, 11) is 0. The molecule has 2 aromatic rings. The van der Waals surface area contributed by atoms with E-state index >= 15 is 0 Å². The van der Waals surface area contributed by atoms with Crippen LogP contribution in [0.25, 0.3) is 0 Å². The summed E-state index contributed by atoms with van der Waals surface area (Å²) >= 11 is 17.6. The number of aliphatic carboxylic acids is 1. The normalized spacial score (nSPS) is 25.0. The first-order valence-corrected chi connectivity index (χ1v) is 8.75. The van der Waals surface area contributed by atoms with Crippen molar-refractivity contribution >= 4 is 47.0 Å². The van der Waals surface area contributed by atoms with E-state index in [0.29, 0.717) is 11.8 Å². The third-order valence-electron chi connectivity index (χ3n) is 4.57. The van der Waals surface area contributed by atoms with Crippen LogP contribution in [-0.4, -0.2) is 18.4 Å². The average Bonchev–Trinajstić information content (AvgIpc) is 3.02. The molecular weight excluding hydrogens is 426 g/mol. The zero-order chi connectivity index (χ0) is 20.0. The molecule has 9 heteroatoms. The van der Waals surface area contributed by atoms with Gasteiger partial charge < -0.3 is 9.90 Å². The topological polar surface area (TPSA) is 52.5 Å².